The monoisotopic (exact) mass is 339 g/mol. The number of pyridine rings is 1. The lowest BCUT2D eigenvalue weighted by Gasteiger charge is -2.30. The Bertz CT molecular complexity index is 726. The van der Waals surface area contributed by atoms with Gasteiger partial charge in [-0.25, -0.2) is 9.48 Å². The number of piperidine rings is 1. The zero-order chi connectivity index (χ0) is 15.5. The highest BCUT2D eigenvalue weighted by Gasteiger charge is 2.22. The number of nitrogens with zero attached hydrogens (tertiary/aromatic N) is 3. The van der Waals surface area contributed by atoms with Crippen molar-refractivity contribution < 1.29 is 4.79 Å². The molecule has 1 aliphatic heterocycles. The van der Waals surface area contributed by atoms with Crippen LogP contribution in [0.2, 0.25) is 0 Å². The van der Waals surface area contributed by atoms with Gasteiger partial charge in [0.15, 0.2) is 5.65 Å². The molecular formula is C15H22ClN5O2. The van der Waals surface area contributed by atoms with Crippen molar-refractivity contribution in [2.75, 3.05) is 13.1 Å². The van der Waals surface area contributed by atoms with Gasteiger partial charge in [0, 0.05) is 18.7 Å². The molecule has 3 rings (SSSR count). The van der Waals surface area contributed by atoms with Crippen LogP contribution in [0.3, 0.4) is 0 Å². The highest BCUT2D eigenvalue weighted by Crippen LogP contribution is 2.10. The van der Waals surface area contributed by atoms with E-state index in [0.29, 0.717) is 18.1 Å². The molecule has 3 heterocycles. The molecular weight excluding hydrogens is 318 g/mol. The molecule has 0 aromatic carbocycles. The van der Waals surface area contributed by atoms with Crippen molar-refractivity contribution in [1.29, 1.82) is 0 Å². The molecule has 8 heteroatoms. The minimum absolute atomic E-state index is 0. The molecule has 126 valence electrons. The maximum atomic E-state index is 12.1. The van der Waals surface area contributed by atoms with E-state index in [9.17, 15) is 9.59 Å². The van der Waals surface area contributed by atoms with E-state index in [1.54, 1.807) is 18.3 Å². The highest BCUT2D eigenvalue weighted by molar-refractivity contribution is 5.85. The fraction of sp³-hybridized carbons (Fsp3) is 0.533. The van der Waals surface area contributed by atoms with Crippen LogP contribution < -0.4 is 16.3 Å². The quantitative estimate of drug-likeness (QED) is 0.846. The smallest absolute Gasteiger partial charge is 0.350 e. The molecule has 1 amide bonds. The van der Waals surface area contributed by atoms with Crippen LogP contribution in [0.1, 0.15) is 19.8 Å². The zero-order valence-corrected chi connectivity index (χ0v) is 13.9. The summed E-state index contributed by atoms with van der Waals surface area (Å²) >= 11 is 0. The third-order valence-corrected chi connectivity index (χ3v) is 4.17. The van der Waals surface area contributed by atoms with Crippen LogP contribution in [0, 0.1) is 5.92 Å². The summed E-state index contributed by atoms with van der Waals surface area (Å²) in [6.45, 7) is 4.29. The number of carbonyl (C=O) groups is 1. The average molecular weight is 340 g/mol. The van der Waals surface area contributed by atoms with Crippen molar-refractivity contribution in [1.82, 2.24) is 24.8 Å². The van der Waals surface area contributed by atoms with E-state index in [-0.39, 0.29) is 36.5 Å². The molecule has 1 fully saturated rings. The van der Waals surface area contributed by atoms with Gasteiger partial charge >= 0.3 is 5.69 Å². The molecule has 2 unspecified atom stereocenters. The van der Waals surface area contributed by atoms with Gasteiger partial charge in [0.1, 0.15) is 0 Å². The molecule has 1 saturated heterocycles. The fourth-order valence-corrected chi connectivity index (χ4v) is 2.83. The number of rotatable bonds is 4. The number of nitrogens with one attached hydrogen (secondary N) is 2. The Morgan fingerprint density at radius 2 is 2.30 bits per heavy atom. The summed E-state index contributed by atoms with van der Waals surface area (Å²) in [7, 11) is 0. The van der Waals surface area contributed by atoms with Crippen LogP contribution in [0.4, 0.5) is 0 Å². The van der Waals surface area contributed by atoms with Crippen LogP contribution in [0.5, 0.6) is 0 Å². The van der Waals surface area contributed by atoms with E-state index in [2.05, 4.69) is 22.7 Å². The van der Waals surface area contributed by atoms with E-state index < -0.39 is 0 Å². The number of amides is 1. The van der Waals surface area contributed by atoms with Crippen molar-refractivity contribution in [2.24, 2.45) is 5.92 Å². The Balaban J connectivity index is 0.00000192. The Hall–Kier alpha value is -1.86. The van der Waals surface area contributed by atoms with Crippen molar-refractivity contribution in [3.8, 4) is 0 Å². The minimum Gasteiger partial charge on any atom is -0.353 e. The summed E-state index contributed by atoms with van der Waals surface area (Å²) in [5.41, 5.74) is 0.388. The lowest BCUT2D eigenvalue weighted by molar-refractivity contribution is -0.122. The first kappa shape index (κ1) is 17.5. The van der Waals surface area contributed by atoms with Gasteiger partial charge in [0.25, 0.3) is 0 Å². The maximum Gasteiger partial charge on any atom is 0.350 e. The van der Waals surface area contributed by atoms with Gasteiger partial charge in [-0.3, -0.25) is 9.20 Å². The first-order chi connectivity index (χ1) is 10.6. The van der Waals surface area contributed by atoms with E-state index >= 15 is 0 Å². The average Bonchev–Trinajstić information content (AvgIpc) is 2.84. The van der Waals surface area contributed by atoms with E-state index in [4.69, 9.17) is 0 Å². The number of aromatic nitrogens is 3. The Kier molecular flexibility index (Phi) is 5.79. The van der Waals surface area contributed by atoms with Crippen molar-refractivity contribution in [2.45, 2.75) is 32.4 Å². The molecule has 23 heavy (non-hydrogen) atoms. The summed E-state index contributed by atoms with van der Waals surface area (Å²) in [4.78, 5) is 24.2. The molecule has 0 aliphatic carbocycles. The molecule has 1 aliphatic rings. The van der Waals surface area contributed by atoms with Gasteiger partial charge < -0.3 is 10.6 Å². The number of halogens is 1. The summed E-state index contributed by atoms with van der Waals surface area (Å²) in [5.74, 6) is 0.401. The topological polar surface area (TPSA) is 80.4 Å². The van der Waals surface area contributed by atoms with Gasteiger partial charge in [-0.15, -0.1) is 17.5 Å². The Morgan fingerprint density at radius 1 is 1.48 bits per heavy atom. The SMILES string of the molecule is CC1CNCCC1NC(=O)CCn1nc2ccccn2c1=O.Cl. The summed E-state index contributed by atoms with van der Waals surface area (Å²) in [5, 5.41) is 10.6. The van der Waals surface area contributed by atoms with Gasteiger partial charge in [-0.1, -0.05) is 13.0 Å². The number of fused-ring (bicyclic) bond motifs is 1. The summed E-state index contributed by atoms with van der Waals surface area (Å²) in [6, 6.07) is 5.60. The van der Waals surface area contributed by atoms with Crippen molar-refractivity contribution >= 4 is 24.0 Å². The Labute approximate surface area is 140 Å². The molecule has 0 radical (unpaired) electrons. The molecule has 2 aromatic rings. The normalized spacial score (nSPS) is 20.9. The predicted octanol–water partition coefficient (Wildman–Crippen LogP) is 0.422. The second kappa shape index (κ2) is 7.61. The van der Waals surface area contributed by atoms with Gasteiger partial charge in [-0.2, -0.15) is 0 Å². The summed E-state index contributed by atoms with van der Waals surface area (Å²) < 4.78 is 2.83. The molecule has 2 aromatic heterocycles. The number of hydrogen-bond acceptors (Lipinski definition) is 4. The van der Waals surface area contributed by atoms with E-state index in [0.717, 1.165) is 19.5 Å². The van der Waals surface area contributed by atoms with E-state index in [1.807, 2.05) is 6.07 Å². The zero-order valence-electron chi connectivity index (χ0n) is 13.1. The first-order valence-corrected chi connectivity index (χ1v) is 7.69. The largest absolute Gasteiger partial charge is 0.353 e. The number of carbonyl (C=O) groups excluding carboxylic acids is 1. The molecule has 7 nitrogen and oxygen atoms in total. The molecule has 0 bridgehead atoms. The lowest BCUT2D eigenvalue weighted by Crippen LogP contribution is -2.48. The molecule has 2 atom stereocenters. The fourth-order valence-electron chi connectivity index (χ4n) is 2.83. The van der Waals surface area contributed by atoms with Gasteiger partial charge in [0.05, 0.1) is 6.54 Å². The maximum absolute atomic E-state index is 12.1. The summed E-state index contributed by atoms with van der Waals surface area (Å²) in [6.07, 6.45) is 2.89. The van der Waals surface area contributed by atoms with Crippen LogP contribution >= 0.6 is 12.4 Å². The number of aryl methyl sites for hydroxylation is 1. The third kappa shape index (κ3) is 3.92. The van der Waals surface area contributed by atoms with Crippen molar-refractivity contribution in [3.05, 3.63) is 34.9 Å². The van der Waals surface area contributed by atoms with Gasteiger partial charge in [0.2, 0.25) is 5.91 Å². The molecule has 0 spiro atoms. The molecule has 2 N–H and O–H groups in total. The Morgan fingerprint density at radius 3 is 3.04 bits per heavy atom. The first-order valence-electron chi connectivity index (χ1n) is 7.69. The van der Waals surface area contributed by atoms with Crippen LogP contribution in [-0.2, 0) is 11.3 Å². The predicted molar refractivity (Wildman–Crippen MR) is 89.9 cm³/mol. The second-order valence-corrected chi connectivity index (χ2v) is 5.83. The lowest BCUT2D eigenvalue weighted by atomic mass is 9.95. The third-order valence-electron chi connectivity index (χ3n) is 4.17. The number of hydrogen-bond donors (Lipinski definition) is 2. The van der Waals surface area contributed by atoms with Crippen LogP contribution in [0.25, 0.3) is 5.65 Å². The highest BCUT2D eigenvalue weighted by atomic mass is 35.5. The van der Waals surface area contributed by atoms with E-state index in [1.165, 1.54) is 9.08 Å². The molecule has 0 saturated carbocycles. The van der Waals surface area contributed by atoms with Crippen LogP contribution in [0.15, 0.2) is 29.2 Å². The van der Waals surface area contributed by atoms with Gasteiger partial charge in [-0.05, 0) is 37.6 Å². The minimum atomic E-state index is -0.210. The second-order valence-electron chi connectivity index (χ2n) is 5.83. The van der Waals surface area contributed by atoms with Crippen molar-refractivity contribution in [3.63, 3.8) is 0 Å². The standard InChI is InChI=1S/C15H21N5O2.ClH/c1-11-10-16-7-5-12(11)17-14(21)6-9-20-15(22)19-8-3-2-4-13(19)18-20;/h2-4,8,11-12,16H,5-7,9-10H2,1H3,(H,17,21);1H. The van der Waals surface area contributed by atoms with Crippen LogP contribution in [-0.4, -0.2) is 39.2 Å².